The van der Waals surface area contributed by atoms with Crippen molar-refractivity contribution in [1.29, 1.82) is 0 Å². The number of ether oxygens (including phenoxy) is 2. The topological polar surface area (TPSA) is 76.2 Å². The Morgan fingerprint density at radius 2 is 1.61 bits per heavy atom. The van der Waals surface area contributed by atoms with Crippen molar-refractivity contribution in [3.8, 4) is 5.75 Å². The second-order valence-corrected chi connectivity index (χ2v) is 9.70. The number of benzene rings is 2. The van der Waals surface area contributed by atoms with Gasteiger partial charge in [-0.25, -0.2) is 8.42 Å². The summed E-state index contributed by atoms with van der Waals surface area (Å²) >= 11 is 0. The lowest BCUT2D eigenvalue weighted by atomic mass is 10.0. The lowest BCUT2D eigenvalue weighted by molar-refractivity contribution is 0.0691. The lowest BCUT2D eigenvalue weighted by Gasteiger charge is -2.34. The molecule has 31 heavy (non-hydrogen) atoms. The zero-order valence-electron chi connectivity index (χ0n) is 18.3. The van der Waals surface area contributed by atoms with Gasteiger partial charge in [0.05, 0.1) is 17.1 Å². The van der Waals surface area contributed by atoms with E-state index in [2.05, 4.69) is 13.8 Å². The summed E-state index contributed by atoms with van der Waals surface area (Å²) in [5, 5.41) is 0. The summed E-state index contributed by atoms with van der Waals surface area (Å²) in [4.78, 5) is 15.0. The summed E-state index contributed by atoms with van der Waals surface area (Å²) in [5.41, 5.74) is 1.57. The van der Waals surface area contributed by atoms with Gasteiger partial charge in [0.2, 0.25) is 10.0 Å². The van der Waals surface area contributed by atoms with Crippen LogP contribution in [0.4, 0.5) is 0 Å². The quantitative estimate of drug-likeness (QED) is 0.583. The molecule has 1 heterocycles. The zero-order valence-corrected chi connectivity index (χ0v) is 19.1. The normalized spacial score (nSPS) is 15.3. The third kappa shape index (κ3) is 5.44. The smallest absolute Gasteiger partial charge is 0.257 e. The first-order valence-electron chi connectivity index (χ1n) is 10.4. The van der Waals surface area contributed by atoms with Crippen molar-refractivity contribution >= 4 is 15.9 Å². The van der Waals surface area contributed by atoms with Crippen LogP contribution in [-0.2, 0) is 14.8 Å². The van der Waals surface area contributed by atoms with E-state index in [0.29, 0.717) is 43.5 Å². The van der Waals surface area contributed by atoms with Crippen molar-refractivity contribution in [3.63, 3.8) is 0 Å². The highest BCUT2D eigenvalue weighted by molar-refractivity contribution is 7.89. The second-order valence-electron chi connectivity index (χ2n) is 7.76. The molecule has 0 radical (unpaired) electrons. The molecular formula is C23H30N2O5S. The van der Waals surface area contributed by atoms with Gasteiger partial charge in [0.15, 0.2) is 0 Å². The van der Waals surface area contributed by atoms with E-state index in [0.717, 1.165) is 5.56 Å². The monoisotopic (exact) mass is 446 g/mol. The number of piperazine rings is 1. The fraction of sp³-hybridized carbons (Fsp3) is 0.435. The molecule has 1 aliphatic heterocycles. The maximum atomic E-state index is 13.0. The molecule has 1 aliphatic rings. The van der Waals surface area contributed by atoms with E-state index in [1.165, 1.54) is 4.31 Å². The summed E-state index contributed by atoms with van der Waals surface area (Å²) in [6.45, 7) is 6.09. The predicted octanol–water partition coefficient (Wildman–Crippen LogP) is 2.98. The minimum atomic E-state index is -3.58. The SMILES string of the molecule is COCCOc1ccccc1C(=O)N1CCN(S(=O)(=O)c2ccc(C(C)C)cc2)CC1. The van der Waals surface area contributed by atoms with Gasteiger partial charge in [-0.3, -0.25) is 4.79 Å². The van der Waals surface area contributed by atoms with Crippen molar-refractivity contribution in [1.82, 2.24) is 9.21 Å². The number of carbonyl (C=O) groups excluding carboxylic acids is 1. The second kappa shape index (κ2) is 10.3. The Bertz CT molecular complexity index is 981. The van der Waals surface area contributed by atoms with E-state index >= 15 is 0 Å². The summed E-state index contributed by atoms with van der Waals surface area (Å²) in [6.07, 6.45) is 0. The summed E-state index contributed by atoms with van der Waals surface area (Å²) in [6, 6.07) is 14.1. The van der Waals surface area contributed by atoms with E-state index in [1.54, 1.807) is 42.3 Å². The summed E-state index contributed by atoms with van der Waals surface area (Å²) in [5.74, 6) is 0.684. The van der Waals surface area contributed by atoms with Gasteiger partial charge in [0, 0.05) is 33.3 Å². The molecule has 1 saturated heterocycles. The molecule has 2 aromatic rings. The number of hydrogen-bond acceptors (Lipinski definition) is 5. The fourth-order valence-electron chi connectivity index (χ4n) is 3.48. The van der Waals surface area contributed by atoms with Crippen molar-refractivity contribution in [2.75, 3.05) is 46.5 Å². The first kappa shape index (κ1) is 23.2. The molecule has 7 nitrogen and oxygen atoms in total. The highest BCUT2D eigenvalue weighted by Gasteiger charge is 2.31. The van der Waals surface area contributed by atoms with Crippen LogP contribution in [0.15, 0.2) is 53.4 Å². The third-order valence-corrected chi connectivity index (χ3v) is 7.29. The standard InChI is InChI=1S/C23H30N2O5S/c1-18(2)19-8-10-20(11-9-19)31(27,28)25-14-12-24(13-15-25)23(26)21-6-4-5-7-22(21)30-17-16-29-3/h4-11,18H,12-17H2,1-3H3. The van der Waals surface area contributed by atoms with Gasteiger partial charge in [-0.05, 0) is 35.7 Å². The Balaban J connectivity index is 1.66. The molecule has 168 valence electrons. The number of rotatable bonds is 8. The molecule has 0 aliphatic carbocycles. The van der Waals surface area contributed by atoms with E-state index in [9.17, 15) is 13.2 Å². The molecular weight excluding hydrogens is 416 g/mol. The number of hydrogen-bond donors (Lipinski definition) is 0. The summed E-state index contributed by atoms with van der Waals surface area (Å²) < 4.78 is 38.1. The van der Waals surface area contributed by atoms with Gasteiger partial charge in [0.1, 0.15) is 12.4 Å². The third-order valence-electron chi connectivity index (χ3n) is 5.37. The van der Waals surface area contributed by atoms with Crippen LogP contribution < -0.4 is 4.74 Å². The number of amides is 1. The van der Waals surface area contributed by atoms with E-state index < -0.39 is 10.0 Å². The van der Waals surface area contributed by atoms with E-state index in [4.69, 9.17) is 9.47 Å². The van der Waals surface area contributed by atoms with Gasteiger partial charge >= 0.3 is 0 Å². The average molecular weight is 447 g/mol. The first-order valence-corrected chi connectivity index (χ1v) is 11.9. The lowest BCUT2D eigenvalue weighted by Crippen LogP contribution is -2.50. The molecule has 0 N–H and O–H groups in total. The van der Waals surface area contributed by atoms with Gasteiger partial charge in [-0.15, -0.1) is 0 Å². The maximum Gasteiger partial charge on any atom is 0.257 e. The molecule has 2 aromatic carbocycles. The van der Waals surface area contributed by atoms with Gasteiger partial charge in [-0.1, -0.05) is 38.1 Å². The number of nitrogens with zero attached hydrogens (tertiary/aromatic N) is 2. The Labute approximate surface area is 184 Å². The van der Waals surface area contributed by atoms with Crippen LogP contribution in [0, 0.1) is 0 Å². The largest absolute Gasteiger partial charge is 0.490 e. The van der Waals surface area contributed by atoms with E-state index in [1.807, 2.05) is 18.2 Å². The fourth-order valence-corrected chi connectivity index (χ4v) is 4.90. The van der Waals surface area contributed by atoms with Gasteiger partial charge in [0.25, 0.3) is 5.91 Å². The molecule has 1 amide bonds. The van der Waals surface area contributed by atoms with Crippen LogP contribution in [0.25, 0.3) is 0 Å². The summed E-state index contributed by atoms with van der Waals surface area (Å²) in [7, 11) is -1.99. The van der Waals surface area contributed by atoms with Gasteiger partial charge in [-0.2, -0.15) is 4.31 Å². The minimum Gasteiger partial charge on any atom is -0.490 e. The molecule has 0 bridgehead atoms. The molecule has 0 atom stereocenters. The first-order chi connectivity index (χ1) is 14.8. The number of carbonyl (C=O) groups is 1. The number of methoxy groups -OCH3 is 1. The Morgan fingerprint density at radius 1 is 0.968 bits per heavy atom. The predicted molar refractivity (Wildman–Crippen MR) is 119 cm³/mol. The van der Waals surface area contributed by atoms with Crippen molar-refractivity contribution in [2.45, 2.75) is 24.7 Å². The number of para-hydroxylation sites is 1. The Hall–Kier alpha value is -2.42. The molecule has 0 aromatic heterocycles. The highest BCUT2D eigenvalue weighted by atomic mass is 32.2. The Kier molecular flexibility index (Phi) is 7.69. The molecule has 0 saturated carbocycles. The Morgan fingerprint density at radius 3 is 2.23 bits per heavy atom. The average Bonchev–Trinajstić information content (AvgIpc) is 2.79. The van der Waals surface area contributed by atoms with Crippen molar-refractivity contribution in [2.24, 2.45) is 0 Å². The van der Waals surface area contributed by atoms with Crippen LogP contribution in [0.2, 0.25) is 0 Å². The van der Waals surface area contributed by atoms with Crippen molar-refractivity contribution in [3.05, 3.63) is 59.7 Å². The minimum absolute atomic E-state index is 0.161. The highest BCUT2D eigenvalue weighted by Crippen LogP contribution is 2.24. The van der Waals surface area contributed by atoms with Crippen LogP contribution >= 0.6 is 0 Å². The van der Waals surface area contributed by atoms with Crippen LogP contribution in [-0.4, -0.2) is 70.0 Å². The number of sulfonamides is 1. The zero-order chi connectivity index (χ0) is 22.4. The molecule has 3 rings (SSSR count). The van der Waals surface area contributed by atoms with E-state index in [-0.39, 0.29) is 23.9 Å². The van der Waals surface area contributed by atoms with Crippen LogP contribution in [0.5, 0.6) is 5.75 Å². The van der Waals surface area contributed by atoms with Crippen molar-refractivity contribution < 1.29 is 22.7 Å². The molecule has 8 heteroatoms. The van der Waals surface area contributed by atoms with Crippen LogP contribution in [0.1, 0.15) is 35.7 Å². The molecule has 0 unspecified atom stereocenters. The molecule has 0 spiro atoms. The van der Waals surface area contributed by atoms with Crippen LogP contribution in [0.3, 0.4) is 0 Å². The van der Waals surface area contributed by atoms with Gasteiger partial charge < -0.3 is 14.4 Å². The maximum absolute atomic E-state index is 13.0. The molecule has 1 fully saturated rings.